The fraction of sp³-hybridized carbons (Fsp3) is 0.353. The summed E-state index contributed by atoms with van der Waals surface area (Å²) < 4.78 is 1.03. The summed E-state index contributed by atoms with van der Waals surface area (Å²) in [5, 5.41) is 3.61. The lowest BCUT2D eigenvalue weighted by molar-refractivity contribution is 0.360. The zero-order chi connectivity index (χ0) is 14.4. The second-order valence-corrected chi connectivity index (χ2v) is 6.65. The number of nitrogens with one attached hydrogen (secondary N) is 1. The zero-order valence-electron chi connectivity index (χ0n) is 12.1. The predicted octanol–water partition coefficient (Wildman–Crippen LogP) is 4.35. The van der Waals surface area contributed by atoms with Crippen molar-refractivity contribution in [2.75, 3.05) is 0 Å². The van der Waals surface area contributed by atoms with Gasteiger partial charge < -0.3 is 5.32 Å². The minimum absolute atomic E-state index is 0.109. The molecule has 0 spiro atoms. The van der Waals surface area contributed by atoms with Crippen molar-refractivity contribution >= 4 is 15.9 Å². The SMILES string of the molecule is CC(C)(CCc1ccccc1)NCc1cncc(Br)c1. The third-order valence-corrected chi connectivity index (χ3v) is 3.85. The van der Waals surface area contributed by atoms with E-state index in [9.17, 15) is 0 Å². The maximum atomic E-state index is 4.19. The van der Waals surface area contributed by atoms with Crippen LogP contribution in [0.25, 0.3) is 0 Å². The van der Waals surface area contributed by atoms with Crippen molar-refractivity contribution in [3.05, 3.63) is 64.4 Å². The Bertz CT molecular complexity index is 538. The minimum atomic E-state index is 0.109. The van der Waals surface area contributed by atoms with E-state index in [2.05, 4.69) is 76.5 Å². The van der Waals surface area contributed by atoms with Gasteiger partial charge in [0.05, 0.1) is 0 Å². The molecule has 1 aromatic heterocycles. The van der Waals surface area contributed by atoms with Gasteiger partial charge in [0.25, 0.3) is 0 Å². The van der Waals surface area contributed by atoms with Crippen LogP contribution in [0.15, 0.2) is 53.3 Å². The Morgan fingerprint density at radius 3 is 2.55 bits per heavy atom. The minimum Gasteiger partial charge on any atom is -0.308 e. The van der Waals surface area contributed by atoms with Gasteiger partial charge >= 0.3 is 0 Å². The molecule has 2 aromatic rings. The Morgan fingerprint density at radius 1 is 1.10 bits per heavy atom. The van der Waals surface area contributed by atoms with E-state index in [-0.39, 0.29) is 5.54 Å². The van der Waals surface area contributed by atoms with Gasteiger partial charge in [0, 0.05) is 29.0 Å². The number of rotatable bonds is 6. The molecule has 0 atom stereocenters. The summed E-state index contributed by atoms with van der Waals surface area (Å²) in [6.07, 6.45) is 5.92. The Hall–Kier alpha value is -1.19. The Balaban J connectivity index is 1.84. The summed E-state index contributed by atoms with van der Waals surface area (Å²) >= 11 is 3.45. The van der Waals surface area contributed by atoms with Crippen molar-refractivity contribution in [3.8, 4) is 0 Å². The number of hydrogen-bond acceptors (Lipinski definition) is 2. The first-order chi connectivity index (χ1) is 9.55. The summed E-state index contributed by atoms with van der Waals surface area (Å²) in [6, 6.07) is 12.7. The second-order valence-electron chi connectivity index (χ2n) is 5.73. The van der Waals surface area contributed by atoms with Crippen molar-refractivity contribution < 1.29 is 0 Å². The molecule has 2 nitrogen and oxygen atoms in total. The predicted molar refractivity (Wildman–Crippen MR) is 87.6 cm³/mol. The molecule has 1 N–H and O–H groups in total. The summed E-state index contributed by atoms with van der Waals surface area (Å²) in [4.78, 5) is 4.19. The summed E-state index contributed by atoms with van der Waals surface area (Å²) in [5.74, 6) is 0. The maximum Gasteiger partial charge on any atom is 0.0410 e. The van der Waals surface area contributed by atoms with E-state index in [1.54, 1.807) is 0 Å². The molecule has 0 fully saturated rings. The zero-order valence-corrected chi connectivity index (χ0v) is 13.7. The van der Waals surface area contributed by atoms with Gasteiger partial charge in [-0.3, -0.25) is 4.98 Å². The Morgan fingerprint density at radius 2 is 1.85 bits per heavy atom. The molecule has 1 aromatic carbocycles. The standard InChI is InChI=1S/C17H21BrN2/c1-17(2,9-8-14-6-4-3-5-7-14)20-12-15-10-16(18)13-19-11-15/h3-7,10-11,13,20H,8-9,12H2,1-2H3. The number of hydrogen-bond donors (Lipinski definition) is 1. The molecular formula is C17H21BrN2. The van der Waals surface area contributed by atoms with E-state index in [0.29, 0.717) is 0 Å². The van der Waals surface area contributed by atoms with E-state index in [0.717, 1.165) is 23.9 Å². The van der Waals surface area contributed by atoms with Gasteiger partial charge in [-0.05, 0) is 59.8 Å². The first kappa shape index (κ1) is 15.2. The van der Waals surface area contributed by atoms with Gasteiger partial charge in [-0.1, -0.05) is 30.3 Å². The average Bonchev–Trinajstić information content (AvgIpc) is 2.45. The molecule has 0 bridgehead atoms. The van der Waals surface area contributed by atoms with Crippen LogP contribution in [-0.4, -0.2) is 10.5 Å². The number of aryl methyl sites for hydroxylation is 1. The molecule has 0 unspecified atom stereocenters. The van der Waals surface area contributed by atoms with Crippen LogP contribution >= 0.6 is 15.9 Å². The molecule has 20 heavy (non-hydrogen) atoms. The highest BCUT2D eigenvalue weighted by Crippen LogP contribution is 2.15. The maximum absolute atomic E-state index is 4.19. The molecular weight excluding hydrogens is 312 g/mol. The molecule has 0 amide bonds. The topological polar surface area (TPSA) is 24.9 Å². The van der Waals surface area contributed by atoms with Crippen LogP contribution in [-0.2, 0) is 13.0 Å². The highest BCUT2D eigenvalue weighted by molar-refractivity contribution is 9.10. The molecule has 0 radical (unpaired) electrons. The molecule has 0 aliphatic carbocycles. The highest BCUT2D eigenvalue weighted by atomic mass is 79.9. The fourth-order valence-electron chi connectivity index (χ4n) is 2.08. The third-order valence-electron chi connectivity index (χ3n) is 3.41. The quantitative estimate of drug-likeness (QED) is 0.850. The number of nitrogens with zero attached hydrogens (tertiary/aromatic N) is 1. The van der Waals surface area contributed by atoms with E-state index in [1.807, 2.05) is 12.4 Å². The van der Waals surface area contributed by atoms with Crippen LogP contribution in [0.2, 0.25) is 0 Å². The van der Waals surface area contributed by atoms with Crippen LogP contribution in [0.3, 0.4) is 0 Å². The lowest BCUT2D eigenvalue weighted by Gasteiger charge is -2.26. The van der Waals surface area contributed by atoms with Gasteiger partial charge in [0.1, 0.15) is 0 Å². The van der Waals surface area contributed by atoms with Crippen LogP contribution in [0.5, 0.6) is 0 Å². The lowest BCUT2D eigenvalue weighted by Crippen LogP contribution is -2.39. The first-order valence-electron chi connectivity index (χ1n) is 6.93. The molecule has 0 saturated heterocycles. The summed E-state index contributed by atoms with van der Waals surface area (Å²) in [6.45, 7) is 5.34. The first-order valence-corrected chi connectivity index (χ1v) is 7.73. The Labute approximate surface area is 129 Å². The number of pyridine rings is 1. The van der Waals surface area contributed by atoms with Crippen molar-refractivity contribution in [1.29, 1.82) is 0 Å². The van der Waals surface area contributed by atoms with Crippen molar-refractivity contribution in [3.63, 3.8) is 0 Å². The molecule has 106 valence electrons. The van der Waals surface area contributed by atoms with E-state index in [4.69, 9.17) is 0 Å². The van der Waals surface area contributed by atoms with Crippen molar-refractivity contribution in [2.45, 2.75) is 38.8 Å². The van der Waals surface area contributed by atoms with Crippen LogP contribution in [0, 0.1) is 0 Å². The summed E-state index contributed by atoms with van der Waals surface area (Å²) in [5.41, 5.74) is 2.71. The molecule has 0 aliphatic rings. The molecule has 1 heterocycles. The molecule has 0 aliphatic heterocycles. The van der Waals surface area contributed by atoms with Crippen LogP contribution in [0.4, 0.5) is 0 Å². The molecule has 2 rings (SSSR count). The molecule has 3 heteroatoms. The monoisotopic (exact) mass is 332 g/mol. The molecule has 0 saturated carbocycles. The summed E-state index contributed by atoms with van der Waals surface area (Å²) in [7, 11) is 0. The average molecular weight is 333 g/mol. The smallest absolute Gasteiger partial charge is 0.0410 e. The van der Waals surface area contributed by atoms with Gasteiger partial charge in [-0.15, -0.1) is 0 Å². The van der Waals surface area contributed by atoms with Gasteiger partial charge in [0.2, 0.25) is 0 Å². The van der Waals surface area contributed by atoms with Crippen LogP contribution < -0.4 is 5.32 Å². The normalized spacial score (nSPS) is 11.6. The van der Waals surface area contributed by atoms with E-state index >= 15 is 0 Å². The van der Waals surface area contributed by atoms with Crippen molar-refractivity contribution in [2.24, 2.45) is 0 Å². The number of halogens is 1. The van der Waals surface area contributed by atoms with Gasteiger partial charge in [-0.25, -0.2) is 0 Å². The van der Waals surface area contributed by atoms with Gasteiger partial charge in [0.15, 0.2) is 0 Å². The van der Waals surface area contributed by atoms with Gasteiger partial charge in [-0.2, -0.15) is 0 Å². The van der Waals surface area contributed by atoms with E-state index < -0.39 is 0 Å². The van der Waals surface area contributed by atoms with Crippen molar-refractivity contribution in [1.82, 2.24) is 10.3 Å². The Kier molecular flexibility index (Phi) is 5.32. The fourth-order valence-corrected chi connectivity index (χ4v) is 2.50. The van der Waals surface area contributed by atoms with Crippen LogP contribution in [0.1, 0.15) is 31.4 Å². The largest absolute Gasteiger partial charge is 0.308 e. The number of aromatic nitrogens is 1. The third kappa shape index (κ3) is 5.06. The highest BCUT2D eigenvalue weighted by Gasteiger charge is 2.16. The second kappa shape index (κ2) is 7.00. The van der Waals surface area contributed by atoms with E-state index in [1.165, 1.54) is 11.1 Å². The number of benzene rings is 1. The lowest BCUT2D eigenvalue weighted by atomic mass is 9.95.